The van der Waals surface area contributed by atoms with Crippen molar-refractivity contribution in [3.05, 3.63) is 29.8 Å². The first-order valence-corrected chi connectivity index (χ1v) is 5.72. The molecule has 1 aromatic rings. The van der Waals surface area contributed by atoms with Gasteiger partial charge in [-0.2, -0.15) is 8.78 Å². The van der Waals surface area contributed by atoms with Crippen LogP contribution in [0.1, 0.15) is 5.56 Å². The average Bonchev–Trinajstić information content (AvgIpc) is 2.36. The summed E-state index contributed by atoms with van der Waals surface area (Å²) in [5.74, 6) is -8.16. The van der Waals surface area contributed by atoms with Gasteiger partial charge in [-0.1, -0.05) is 12.1 Å². The Morgan fingerprint density at radius 1 is 1.29 bits per heavy atom. The summed E-state index contributed by atoms with van der Waals surface area (Å²) in [6.07, 6.45) is -4.18. The summed E-state index contributed by atoms with van der Waals surface area (Å²) in [6, 6.07) is 5.81. The van der Waals surface area contributed by atoms with Gasteiger partial charge < -0.3 is 16.4 Å². The van der Waals surface area contributed by atoms with Gasteiger partial charge in [-0.3, -0.25) is 9.59 Å². The van der Waals surface area contributed by atoms with E-state index in [0.29, 0.717) is 11.3 Å². The Labute approximate surface area is 117 Å². The first-order valence-electron chi connectivity index (χ1n) is 5.72. The topological polar surface area (TPSA) is 89.4 Å². The molecule has 0 radical (unpaired) electrons. The Morgan fingerprint density at radius 3 is 2.38 bits per heavy atom. The normalized spacial score (nSPS) is 11.5. The third kappa shape index (κ3) is 4.33. The van der Waals surface area contributed by atoms with E-state index in [1.165, 1.54) is 24.3 Å². The highest BCUT2D eigenvalue weighted by atomic mass is 19.3. The SMILES string of the molecule is NC(=O)CN(Cc1cccc(N)c1)C(=O)C(F)(F)C(F)F. The summed E-state index contributed by atoms with van der Waals surface area (Å²) in [5.41, 5.74) is 10.9. The van der Waals surface area contributed by atoms with Crippen molar-refractivity contribution in [3.63, 3.8) is 0 Å². The van der Waals surface area contributed by atoms with Crippen LogP contribution in [-0.2, 0) is 16.1 Å². The lowest BCUT2D eigenvalue weighted by Gasteiger charge is -2.25. The predicted octanol–water partition coefficient (Wildman–Crippen LogP) is 0.983. The lowest BCUT2D eigenvalue weighted by molar-refractivity contribution is -0.181. The van der Waals surface area contributed by atoms with Crippen LogP contribution in [0.4, 0.5) is 23.2 Å². The fourth-order valence-electron chi connectivity index (χ4n) is 1.60. The highest BCUT2D eigenvalue weighted by molar-refractivity contribution is 5.88. The van der Waals surface area contributed by atoms with Gasteiger partial charge in [0.25, 0.3) is 5.91 Å². The van der Waals surface area contributed by atoms with E-state index >= 15 is 0 Å². The minimum Gasteiger partial charge on any atom is -0.399 e. The van der Waals surface area contributed by atoms with Crippen LogP contribution >= 0.6 is 0 Å². The molecule has 0 aliphatic carbocycles. The largest absolute Gasteiger partial charge is 0.399 e. The summed E-state index contributed by atoms with van der Waals surface area (Å²) in [6.45, 7) is -1.40. The smallest absolute Gasteiger partial charge is 0.383 e. The number of benzene rings is 1. The lowest BCUT2D eigenvalue weighted by Crippen LogP contribution is -2.49. The van der Waals surface area contributed by atoms with Crippen LogP contribution in [0.5, 0.6) is 0 Å². The zero-order valence-corrected chi connectivity index (χ0v) is 10.7. The van der Waals surface area contributed by atoms with Gasteiger partial charge in [0.15, 0.2) is 0 Å². The number of halogens is 4. The fraction of sp³-hybridized carbons (Fsp3) is 0.333. The van der Waals surface area contributed by atoms with Gasteiger partial charge in [-0.25, -0.2) is 8.78 Å². The molecule has 2 amide bonds. The van der Waals surface area contributed by atoms with Crippen molar-refractivity contribution in [2.45, 2.75) is 18.9 Å². The minimum absolute atomic E-state index is 0.267. The van der Waals surface area contributed by atoms with Crippen molar-refractivity contribution >= 4 is 17.5 Å². The van der Waals surface area contributed by atoms with Crippen LogP contribution in [0, 0.1) is 0 Å². The molecule has 116 valence electrons. The van der Waals surface area contributed by atoms with E-state index in [1.807, 2.05) is 0 Å². The number of alkyl halides is 4. The molecule has 0 atom stereocenters. The van der Waals surface area contributed by atoms with Gasteiger partial charge in [0.05, 0.1) is 6.54 Å². The van der Waals surface area contributed by atoms with Crippen LogP contribution in [-0.4, -0.2) is 35.6 Å². The molecule has 0 spiro atoms. The number of hydrogen-bond acceptors (Lipinski definition) is 3. The van der Waals surface area contributed by atoms with Crippen molar-refractivity contribution in [1.82, 2.24) is 4.90 Å². The molecule has 0 aromatic heterocycles. The molecule has 0 bridgehead atoms. The highest BCUT2D eigenvalue weighted by Gasteiger charge is 2.51. The third-order valence-electron chi connectivity index (χ3n) is 2.52. The summed E-state index contributed by atoms with van der Waals surface area (Å²) in [4.78, 5) is 22.6. The van der Waals surface area contributed by atoms with E-state index in [-0.39, 0.29) is 4.90 Å². The van der Waals surface area contributed by atoms with E-state index in [0.717, 1.165) is 0 Å². The molecule has 0 aliphatic heterocycles. The number of nitrogens with zero attached hydrogens (tertiary/aromatic N) is 1. The Kier molecular flexibility index (Phi) is 5.12. The Bertz CT molecular complexity index is 537. The Balaban J connectivity index is 3.01. The van der Waals surface area contributed by atoms with Crippen LogP contribution in [0.15, 0.2) is 24.3 Å². The van der Waals surface area contributed by atoms with Crippen LogP contribution in [0.2, 0.25) is 0 Å². The van der Waals surface area contributed by atoms with Crippen LogP contribution in [0.25, 0.3) is 0 Å². The number of amides is 2. The highest BCUT2D eigenvalue weighted by Crippen LogP contribution is 2.26. The lowest BCUT2D eigenvalue weighted by atomic mass is 10.1. The van der Waals surface area contributed by atoms with Gasteiger partial charge in [0.1, 0.15) is 0 Å². The molecule has 0 heterocycles. The molecule has 0 unspecified atom stereocenters. The van der Waals surface area contributed by atoms with Gasteiger partial charge in [0, 0.05) is 12.2 Å². The van der Waals surface area contributed by atoms with Gasteiger partial charge in [-0.05, 0) is 17.7 Å². The summed E-state index contributed by atoms with van der Waals surface area (Å²) in [5, 5.41) is 0. The molecule has 4 N–H and O–H groups in total. The van der Waals surface area contributed by atoms with Crippen LogP contribution < -0.4 is 11.5 Å². The second-order valence-corrected chi connectivity index (χ2v) is 4.30. The number of carbonyl (C=O) groups is 2. The Hall–Kier alpha value is -2.32. The molecule has 9 heteroatoms. The number of nitrogen functional groups attached to an aromatic ring is 1. The number of nitrogens with two attached hydrogens (primary N) is 2. The number of rotatable bonds is 6. The molecule has 5 nitrogen and oxygen atoms in total. The number of hydrogen-bond donors (Lipinski definition) is 2. The average molecular weight is 307 g/mol. The zero-order valence-electron chi connectivity index (χ0n) is 10.7. The number of anilines is 1. The molecule has 1 aromatic carbocycles. The van der Waals surface area contributed by atoms with Crippen molar-refractivity contribution in [3.8, 4) is 0 Å². The van der Waals surface area contributed by atoms with E-state index in [9.17, 15) is 27.2 Å². The summed E-state index contributed by atoms with van der Waals surface area (Å²) < 4.78 is 50.7. The molecule has 21 heavy (non-hydrogen) atoms. The number of carbonyl (C=O) groups excluding carboxylic acids is 2. The zero-order chi connectivity index (χ0) is 16.2. The van der Waals surface area contributed by atoms with E-state index in [4.69, 9.17) is 11.5 Å². The van der Waals surface area contributed by atoms with Gasteiger partial charge in [-0.15, -0.1) is 0 Å². The monoisotopic (exact) mass is 307 g/mol. The predicted molar refractivity (Wildman–Crippen MR) is 66.4 cm³/mol. The second kappa shape index (κ2) is 6.42. The molecule has 0 aliphatic rings. The molecule has 0 fully saturated rings. The summed E-state index contributed by atoms with van der Waals surface area (Å²) in [7, 11) is 0. The van der Waals surface area contributed by atoms with E-state index in [1.54, 1.807) is 0 Å². The molecule has 1 rings (SSSR count). The van der Waals surface area contributed by atoms with Gasteiger partial charge in [0.2, 0.25) is 5.91 Å². The molecular weight excluding hydrogens is 294 g/mol. The molecule has 0 saturated heterocycles. The molecule has 0 saturated carbocycles. The summed E-state index contributed by atoms with van der Waals surface area (Å²) >= 11 is 0. The second-order valence-electron chi connectivity index (χ2n) is 4.30. The standard InChI is InChI=1S/C12H13F4N3O2/c13-10(14)12(15,16)11(21)19(6-9(18)20)5-7-2-1-3-8(17)4-7/h1-4,10H,5-6,17H2,(H2,18,20). The quantitative estimate of drug-likeness (QED) is 0.606. The Morgan fingerprint density at radius 2 is 1.90 bits per heavy atom. The molecular formula is C12H13F4N3O2. The maximum Gasteiger partial charge on any atom is 0.383 e. The van der Waals surface area contributed by atoms with Crippen molar-refractivity contribution in [1.29, 1.82) is 0 Å². The van der Waals surface area contributed by atoms with E-state index < -0.39 is 37.3 Å². The maximum atomic E-state index is 13.1. The van der Waals surface area contributed by atoms with Crippen molar-refractivity contribution in [2.75, 3.05) is 12.3 Å². The van der Waals surface area contributed by atoms with Crippen LogP contribution in [0.3, 0.4) is 0 Å². The third-order valence-corrected chi connectivity index (χ3v) is 2.52. The first-order chi connectivity index (χ1) is 9.64. The fourth-order valence-corrected chi connectivity index (χ4v) is 1.60. The minimum atomic E-state index is -4.89. The van der Waals surface area contributed by atoms with Crippen molar-refractivity contribution in [2.24, 2.45) is 5.73 Å². The van der Waals surface area contributed by atoms with Gasteiger partial charge >= 0.3 is 12.3 Å². The maximum absolute atomic E-state index is 13.1. The van der Waals surface area contributed by atoms with E-state index in [2.05, 4.69) is 0 Å². The number of primary amides is 1. The van der Waals surface area contributed by atoms with Crippen molar-refractivity contribution < 1.29 is 27.2 Å². The first kappa shape index (κ1) is 16.7.